The molecule has 0 spiro atoms. The van der Waals surface area contributed by atoms with E-state index in [1.165, 1.54) is 0 Å². The molecule has 0 N–H and O–H groups in total. The molecule has 7 heteroatoms. The van der Waals surface area contributed by atoms with Gasteiger partial charge in [-0.3, -0.25) is 0 Å². The molecule has 2 aliphatic rings. The van der Waals surface area contributed by atoms with Gasteiger partial charge in [0.1, 0.15) is 6.10 Å². The van der Waals surface area contributed by atoms with Crippen molar-refractivity contribution in [3.05, 3.63) is 22.8 Å². The minimum atomic E-state index is 0.0325. The highest BCUT2D eigenvalue weighted by atomic mass is 79.9. The number of aromatic nitrogens is 1. The average Bonchev–Trinajstić information content (AvgIpc) is 2.98. The molecule has 0 aliphatic carbocycles. The number of piperazine rings is 1. The number of hydrogen-bond acceptors (Lipinski definition) is 4. The summed E-state index contributed by atoms with van der Waals surface area (Å²) in [4.78, 5) is 22.8. The number of urea groups is 1. The molecule has 0 aromatic carbocycles. The van der Waals surface area contributed by atoms with Gasteiger partial charge in [0.05, 0.1) is 6.54 Å². The van der Waals surface area contributed by atoms with E-state index in [9.17, 15) is 4.79 Å². The van der Waals surface area contributed by atoms with Gasteiger partial charge in [-0.2, -0.15) is 0 Å². The Morgan fingerprint density at radius 3 is 2.68 bits per heavy atom. The summed E-state index contributed by atoms with van der Waals surface area (Å²) in [5, 5.41) is 0. The number of likely N-dealkylation sites (N-methyl/N-ethyl adjacent to an activating group) is 1. The van der Waals surface area contributed by atoms with Gasteiger partial charge in [0.2, 0.25) is 5.88 Å². The monoisotopic (exact) mass is 368 g/mol. The highest BCUT2D eigenvalue weighted by Gasteiger charge is 2.31. The third-order valence-corrected chi connectivity index (χ3v) is 4.65. The second-order valence-electron chi connectivity index (χ2n) is 5.86. The molecule has 0 radical (unpaired) electrons. The van der Waals surface area contributed by atoms with Gasteiger partial charge in [0.15, 0.2) is 0 Å². The van der Waals surface area contributed by atoms with Crippen molar-refractivity contribution < 1.29 is 9.53 Å². The molecular weight excluding hydrogens is 348 g/mol. The van der Waals surface area contributed by atoms with Crippen LogP contribution in [-0.2, 0) is 0 Å². The Hall–Kier alpha value is -1.34. The summed E-state index contributed by atoms with van der Waals surface area (Å²) < 4.78 is 6.79. The minimum absolute atomic E-state index is 0.0325. The molecule has 1 aromatic rings. The average molecular weight is 369 g/mol. The van der Waals surface area contributed by atoms with E-state index in [0.29, 0.717) is 12.4 Å². The zero-order chi connectivity index (χ0) is 15.5. The van der Waals surface area contributed by atoms with Crippen LogP contribution in [0.15, 0.2) is 22.8 Å². The Balaban J connectivity index is 1.51. The largest absolute Gasteiger partial charge is 0.472 e. The van der Waals surface area contributed by atoms with Crippen LogP contribution in [0.2, 0.25) is 0 Å². The van der Waals surface area contributed by atoms with E-state index in [1.807, 2.05) is 21.9 Å². The van der Waals surface area contributed by atoms with Gasteiger partial charge in [-0.1, -0.05) is 0 Å². The number of nitrogens with zero attached hydrogens (tertiary/aromatic N) is 4. The topological polar surface area (TPSA) is 48.9 Å². The normalized spacial score (nSPS) is 22.9. The highest BCUT2D eigenvalue weighted by Crippen LogP contribution is 2.19. The smallest absolute Gasteiger partial charge is 0.320 e. The number of pyridine rings is 1. The van der Waals surface area contributed by atoms with Gasteiger partial charge < -0.3 is 19.4 Å². The van der Waals surface area contributed by atoms with Crippen LogP contribution in [0.5, 0.6) is 5.88 Å². The maximum atomic E-state index is 12.5. The van der Waals surface area contributed by atoms with E-state index in [2.05, 4.69) is 32.9 Å². The first-order chi connectivity index (χ1) is 10.6. The third-order valence-electron chi connectivity index (χ3n) is 4.18. The first kappa shape index (κ1) is 15.6. The van der Waals surface area contributed by atoms with Crippen molar-refractivity contribution in [2.75, 3.05) is 46.3 Å². The lowest BCUT2D eigenvalue weighted by Gasteiger charge is -2.34. The van der Waals surface area contributed by atoms with Crippen molar-refractivity contribution >= 4 is 22.0 Å². The highest BCUT2D eigenvalue weighted by molar-refractivity contribution is 9.10. The van der Waals surface area contributed by atoms with Crippen molar-refractivity contribution in [1.82, 2.24) is 19.7 Å². The summed E-state index contributed by atoms with van der Waals surface area (Å²) in [6.07, 6.45) is 2.61. The van der Waals surface area contributed by atoms with E-state index in [0.717, 1.165) is 43.6 Å². The lowest BCUT2D eigenvalue weighted by atomic mass is 10.3. The number of ether oxygens (including phenoxy) is 1. The minimum Gasteiger partial charge on any atom is -0.472 e. The molecule has 0 bridgehead atoms. The van der Waals surface area contributed by atoms with Gasteiger partial charge in [0, 0.05) is 55.9 Å². The van der Waals surface area contributed by atoms with Crippen LogP contribution < -0.4 is 4.74 Å². The molecule has 6 nitrogen and oxygen atoms in total. The maximum absolute atomic E-state index is 12.5. The summed E-state index contributed by atoms with van der Waals surface area (Å²) in [6, 6.07) is 3.89. The number of likely N-dealkylation sites (tertiary alicyclic amines) is 1. The van der Waals surface area contributed by atoms with Crippen LogP contribution in [-0.4, -0.2) is 78.1 Å². The number of halogens is 1. The van der Waals surface area contributed by atoms with E-state index < -0.39 is 0 Å². The Morgan fingerprint density at radius 2 is 2.00 bits per heavy atom. The summed E-state index contributed by atoms with van der Waals surface area (Å²) in [7, 11) is 2.09. The van der Waals surface area contributed by atoms with Gasteiger partial charge >= 0.3 is 6.03 Å². The number of carbonyl (C=O) groups is 1. The van der Waals surface area contributed by atoms with Gasteiger partial charge in [-0.15, -0.1) is 0 Å². The number of amides is 2. The number of rotatable bonds is 2. The summed E-state index contributed by atoms with van der Waals surface area (Å²) >= 11 is 3.36. The predicted molar refractivity (Wildman–Crippen MR) is 87.0 cm³/mol. The van der Waals surface area contributed by atoms with E-state index >= 15 is 0 Å². The van der Waals surface area contributed by atoms with Crippen LogP contribution in [0.4, 0.5) is 4.79 Å². The molecule has 2 fully saturated rings. The molecule has 0 saturated carbocycles. The van der Waals surface area contributed by atoms with Crippen molar-refractivity contribution in [1.29, 1.82) is 0 Å². The summed E-state index contributed by atoms with van der Waals surface area (Å²) in [5.74, 6) is 0.613. The fourth-order valence-electron chi connectivity index (χ4n) is 2.80. The molecule has 1 aromatic heterocycles. The fourth-order valence-corrected chi connectivity index (χ4v) is 3.03. The molecule has 120 valence electrons. The number of hydrogen-bond donors (Lipinski definition) is 0. The molecule has 2 amide bonds. The molecule has 2 aliphatic heterocycles. The standard InChI is InChI=1S/C15H21BrN4O2/c1-18-6-8-19(9-7-18)15(21)20-5-4-13(11-20)22-14-3-2-12(16)10-17-14/h2-3,10,13H,4-9,11H2,1H3. The molecular formula is C15H21BrN4O2. The molecule has 2 saturated heterocycles. The third kappa shape index (κ3) is 3.70. The first-order valence-corrected chi connectivity index (χ1v) is 8.42. The summed E-state index contributed by atoms with van der Waals surface area (Å²) in [6.45, 7) is 4.91. The molecule has 1 unspecified atom stereocenters. The lowest BCUT2D eigenvalue weighted by molar-refractivity contribution is 0.123. The van der Waals surface area contributed by atoms with E-state index in [-0.39, 0.29) is 12.1 Å². The fraction of sp³-hybridized carbons (Fsp3) is 0.600. The van der Waals surface area contributed by atoms with Gasteiger partial charge in [-0.05, 0) is 29.0 Å². The molecule has 3 heterocycles. The SMILES string of the molecule is CN1CCN(C(=O)N2CCC(Oc3ccc(Br)cn3)C2)CC1. The Morgan fingerprint density at radius 1 is 1.23 bits per heavy atom. The molecule has 3 rings (SSSR count). The second-order valence-corrected chi connectivity index (χ2v) is 6.78. The van der Waals surface area contributed by atoms with Crippen LogP contribution in [0.3, 0.4) is 0 Å². The number of carbonyl (C=O) groups excluding carboxylic acids is 1. The van der Waals surface area contributed by atoms with Gasteiger partial charge in [0.25, 0.3) is 0 Å². The van der Waals surface area contributed by atoms with Crippen LogP contribution in [0.1, 0.15) is 6.42 Å². The second kappa shape index (κ2) is 6.83. The Bertz CT molecular complexity index is 517. The van der Waals surface area contributed by atoms with Crippen molar-refractivity contribution in [3.63, 3.8) is 0 Å². The van der Waals surface area contributed by atoms with Crippen LogP contribution in [0.25, 0.3) is 0 Å². The predicted octanol–water partition coefficient (Wildman–Crippen LogP) is 1.66. The van der Waals surface area contributed by atoms with Crippen molar-refractivity contribution in [3.8, 4) is 5.88 Å². The van der Waals surface area contributed by atoms with E-state index in [1.54, 1.807) is 6.20 Å². The quantitative estimate of drug-likeness (QED) is 0.796. The van der Waals surface area contributed by atoms with Crippen LogP contribution >= 0.6 is 15.9 Å². The Kier molecular flexibility index (Phi) is 4.83. The zero-order valence-electron chi connectivity index (χ0n) is 12.7. The zero-order valence-corrected chi connectivity index (χ0v) is 14.3. The van der Waals surface area contributed by atoms with E-state index in [4.69, 9.17) is 4.74 Å². The Labute approximate surface area is 139 Å². The maximum Gasteiger partial charge on any atom is 0.320 e. The lowest BCUT2D eigenvalue weighted by Crippen LogP contribution is -2.51. The van der Waals surface area contributed by atoms with Gasteiger partial charge in [-0.25, -0.2) is 9.78 Å². The van der Waals surface area contributed by atoms with Crippen molar-refractivity contribution in [2.24, 2.45) is 0 Å². The first-order valence-electron chi connectivity index (χ1n) is 7.62. The van der Waals surface area contributed by atoms with Crippen molar-refractivity contribution in [2.45, 2.75) is 12.5 Å². The van der Waals surface area contributed by atoms with Crippen LogP contribution in [0, 0.1) is 0 Å². The molecule has 22 heavy (non-hydrogen) atoms. The summed E-state index contributed by atoms with van der Waals surface area (Å²) in [5.41, 5.74) is 0. The molecule has 1 atom stereocenters.